The summed E-state index contributed by atoms with van der Waals surface area (Å²) < 4.78 is 0. The van der Waals surface area contributed by atoms with Gasteiger partial charge in [-0.25, -0.2) is 0 Å². The molecule has 1 aliphatic rings. The van der Waals surface area contributed by atoms with Gasteiger partial charge in [0.05, 0.1) is 12.1 Å². The van der Waals surface area contributed by atoms with E-state index in [1.165, 1.54) is 0 Å². The molecule has 0 bridgehead atoms. The lowest BCUT2D eigenvalue weighted by molar-refractivity contribution is -0.125. The van der Waals surface area contributed by atoms with E-state index < -0.39 is 5.54 Å². The smallest absolute Gasteiger partial charge is 0.224 e. The molecular weight excluding hydrogens is 190 g/mol. The van der Waals surface area contributed by atoms with Crippen LogP contribution in [0.4, 0.5) is 0 Å². The van der Waals surface area contributed by atoms with Gasteiger partial charge in [-0.3, -0.25) is 4.79 Å². The second-order valence-electron chi connectivity index (χ2n) is 5.38. The maximum atomic E-state index is 11.9. The molecule has 0 aromatic rings. The first-order valence-electron chi connectivity index (χ1n) is 5.83. The number of carbonyl (C=O) groups excluding carboxylic acids is 1. The number of rotatable bonds is 5. The van der Waals surface area contributed by atoms with Crippen molar-refractivity contribution in [2.45, 2.75) is 52.5 Å². The molecule has 0 aromatic carbocycles. The minimum absolute atomic E-state index is 0.0267. The Kier molecular flexibility index (Phi) is 3.44. The van der Waals surface area contributed by atoms with Crippen LogP contribution in [0.2, 0.25) is 0 Å². The van der Waals surface area contributed by atoms with E-state index >= 15 is 0 Å². The lowest BCUT2D eigenvalue weighted by Crippen LogP contribution is -2.51. The van der Waals surface area contributed by atoms with Crippen molar-refractivity contribution in [3.05, 3.63) is 0 Å². The van der Waals surface area contributed by atoms with Crippen molar-refractivity contribution in [3.63, 3.8) is 0 Å². The summed E-state index contributed by atoms with van der Waals surface area (Å²) in [6.07, 6.45) is 2.52. The molecule has 1 aliphatic carbocycles. The Bertz CT molecular complexity index is 236. The van der Waals surface area contributed by atoms with Gasteiger partial charge in [0.15, 0.2) is 0 Å². The molecule has 88 valence electrons. The molecule has 0 heterocycles. The largest absolute Gasteiger partial charge is 0.394 e. The Morgan fingerprint density at radius 1 is 1.47 bits per heavy atom. The van der Waals surface area contributed by atoms with Crippen LogP contribution < -0.4 is 5.32 Å². The zero-order chi connectivity index (χ0) is 11.7. The summed E-state index contributed by atoms with van der Waals surface area (Å²) in [6, 6.07) is 0. The monoisotopic (exact) mass is 213 g/mol. The van der Waals surface area contributed by atoms with Crippen LogP contribution >= 0.6 is 0 Å². The molecule has 15 heavy (non-hydrogen) atoms. The lowest BCUT2D eigenvalue weighted by Gasteiger charge is -2.31. The molecule has 1 unspecified atom stereocenters. The second-order valence-corrected chi connectivity index (χ2v) is 5.38. The fraction of sp³-hybridized carbons (Fsp3) is 0.917. The third-order valence-electron chi connectivity index (χ3n) is 3.87. The van der Waals surface area contributed by atoms with Crippen LogP contribution in [0.25, 0.3) is 0 Å². The van der Waals surface area contributed by atoms with Gasteiger partial charge < -0.3 is 10.4 Å². The SMILES string of the molecule is CCC(CC)(CO)NC(=O)C1CC1(C)C. The highest BCUT2D eigenvalue weighted by molar-refractivity contribution is 5.83. The molecule has 0 radical (unpaired) electrons. The lowest BCUT2D eigenvalue weighted by atomic mass is 9.93. The normalized spacial score (nSPS) is 23.7. The van der Waals surface area contributed by atoms with E-state index in [4.69, 9.17) is 0 Å². The maximum absolute atomic E-state index is 11.9. The van der Waals surface area contributed by atoms with Crippen LogP contribution in [0.15, 0.2) is 0 Å². The summed E-state index contributed by atoms with van der Waals surface area (Å²) in [6.45, 7) is 8.24. The first kappa shape index (κ1) is 12.5. The Labute approximate surface area is 92.3 Å². The van der Waals surface area contributed by atoms with Gasteiger partial charge in [-0.2, -0.15) is 0 Å². The van der Waals surface area contributed by atoms with Gasteiger partial charge in [-0.1, -0.05) is 27.7 Å². The number of hydrogen-bond acceptors (Lipinski definition) is 2. The number of nitrogens with one attached hydrogen (secondary N) is 1. The molecule has 1 amide bonds. The predicted molar refractivity (Wildman–Crippen MR) is 60.4 cm³/mol. The molecule has 0 aromatic heterocycles. The zero-order valence-electron chi connectivity index (χ0n) is 10.3. The van der Waals surface area contributed by atoms with Crippen molar-refractivity contribution in [1.82, 2.24) is 5.32 Å². The van der Waals surface area contributed by atoms with E-state index in [9.17, 15) is 9.90 Å². The number of aliphatic hydroxyl groups excluding tert-OH is 1. The van der Waals surface area contributed by atoms with E-state index in [1.807, 2.05) is 13.8 Å². The topological polar surface area (TPSA) is 49.3 Å². The molecular formula is C12H23NO2. The molecule has 1 rings (SSSR count). The number of aliphatic hydroxyl groups is 1. The first-order valence-corrected chi connectivity index (χ1v) is 5.83. The van der Waals surface area contributed by atoms with Crippen molar-refractivity contribution in [2.24, 2.45) is 11.3 Å². The Morgan fingerprint density at radius 2 is 1.93 bits per heavy atom. The van der Waals surface area contributed by atoms with Gasteiger partial charge in [0.2, 0.25) is 5.91 Å². The Balaban J connectivity index is 2.56. The van der Waals surface area contributed by atoms with E-state index in [-0.39, 0.29) is 23.8 Å². The summed E-state index contributed by atoms with van der Waals surface area (Å²) in [4.78, 5) is 11.9. The van der Waals surface area contributed by atoms with E-state index in [0.717, 1.165) is 19.3 Å². The molecule has 2 N–H and O–H groups in total. The average molecular weight is 213 g/mol. The van der Waals surface area contributed by atoms with E-state index in [2.05, 4.69) is 19.2 Å². The highest BCUT2D eigenvalue weighted by Gasteiger charge is 2.51. The predicted octanol–water partition coefficient (Wildman–Crippen LogP) is 1.70. The summed E-state index contributed by atoms with van der Waals surface area (Å²) in [5, 5.41) is 12.4. The van der Waals surface area contributed by atoms with Crippen LogP contribution in [-0.2, 0) is 4.79 Å². The van der Waals surface area contributed by atoms with E-state index in [1.54, 1.807) is 0 Å². The standard InChI is InChI=1S/C12H23NO2/c1-5-12(6-2,8-14)13-10(15)9-7-11(9,3)4/h9,14H,5-8H2,1-4H3,(H,13,15). The average Bonchev–Trinajstić information content (AvgIpc) is 2.84. The molecule has 0 saturated heterocycles. The van der Waals surface area contributed by atoms with Crippen LogP contribution in [-0.4, -0.2) is 23.2 Å². The van der Waals surface area contributed by atoms with Crippen molar-refractivity contribution in [1.29, 1.82) is 0 Å². The molecule has 0 aliphatic heterocycles. The van der Waals surface area contributed by atoms with Crippen LogP contribution in [0.3, 0.4) is 0 Å². The van der Waals surface area contributed by atoms with Crippen molar-refractivity contribution in [3.8, 4) is 0 Å². The van der Waals surface area contributed by atoms with Crippen molar-refractivity contribution < 1.29 is 9.90 Å². The second kappa shape index (κ2) is 4.12. The number of amides is 1. The molecule has 3 nitrogen and oxygen atoms in total. The van der Waals surface area contributed by atoms with Crippen molar-refractivity contribution >= 4 is 5.91 Å². The molecule has 3 heteroatoms. The minimum Gasteiger partial charge on any atom is -0.394 e. The Morgan fingerprint density at radius 3 is 2.20 bits per heavy atom. The van der Waals surface area contributed by atoms with Crippen LogP contribution in [0, 0.1) is 11.3 Å². The summed E-state index contributed by atoms with van der Waals surface area (Å²) in [5.74, 6) is 0.249. The molecule has 1 saturated carbocycles. The fourth-order valence-corrected chi connectivity index (χ4v) is 1.95. The minimum atomic E-state index is -0.407. The first-order chi connectivity index (χ1) is 6.90. The Hall–Kier alpha value is -0.570. The maximum Gasteiger partial charge on any atom is 0.224 e. The van der Waals surface area contributed by atoms with Gasteiger partial charge in [0.1, 0.15) is 0 Å². The number of carbonyl (C=O) groups is 1. The van der Waals surface area contributed by atoms with Gasteiger partial charge in [-0.05, 0) is 24.7 Å². The molecule has 1 fully saturated rings. The summed E-state index contributed by atoms with van der Waals surface area (Å²) >= 11 is 0. The van der Waals surface area contributed by atoms with Gasteiger partial charge >= 0.3 is 0 Å². The van der Waals surface area contributed by atoms with Gasteiger partial charge in [0, 0.05) is 5.92 Å². The van der Waals surface area contributed by atoms with E-state index in [0.29, 0.717) is 0 Å². The zero-order valence-corrected chi connectivity index (χ0v) is 10.3. The van der Waals surface area contributed by atoms with Crippen LogP contribution in [0.1, 0.15) is 47.0 Å². The molecule has 0 spiro atoms. The van der Waals surface area contributed by atoms with Gasteiger partial charge in [0.25, 0.3) is 0 Å². The quantitative estimate of drug-likeness (QED) is 0.730. The molecule has 1 atom stereocenters. The fourth-order valence-electron chi connectivity index (χ4n) is 1.95. The summed E-state index contributed by atoms with van der Waals surface area (Å²) in [7, 11) is 0. The van der Waals surface area contributed by atoms with Crippen molar-refractivity contribution in [2.75, 3.05) is 6.61 Å². The van der Waals surface area contributed by atoms with Gasteiger partial charge in [-0.15, -0.1) is 0 Å². The number of hydrogen-bond donors (Lipinski definition) is 2. The highest BCUT2D eigenvalue weighted by Crippen LogP contribution is 2.51. The third-order valence-corrected chi connectivity index (χ3v) is 3.87. The van der Waals surface area contributed by atoms with Crippen LogP contribution in [0.5, 0.6) is 0 Å². The highest BCUT2D eigenvalue weighted by atomic mass is 16.3. The summed E-state index contributed by atoms with van der Waals surface area (Å²) in [5.41, 5.74) is -0.248. The third kappa shape index (κ3) is 2.51.